The molecule has 0 atom stereocenters. The molecule has 0 heterocycles. The second-order valence-corrected chi connectivity index (χ2v) is 51.1. The van der Waals surface area contributed by atoms with Gasteiger partial charge in [-0.3, -0.25) is 4.79 Å². The summed E-state index contributed by atoms with van der Waals surface area (Å²) in [7, 11) is 7.58. The monoisotopic (exact) mass is 2070 g/mol. The molecule has 0 radical (unpaired) electrons. The molecule has 13 aromatic carbocycles. The van der Waals surface area contributed by atoms with E-state index in [-0.39, 0.29) is 22.6 Å². The number of aryl methyl sites for hydroxylation is 3. The molecule has 20 fully saturated rings. The van der Waals surface area contributed by atoms with Gasteiger partial charge in [-0.05, 0) is 514 Å². The summed E-state index contributed by atoms with van der Waals surface area (Å²) in [6, 6.07) is 86.3. The van der Waals surface area contributed by atoms with Crippen LogP contribution in [0.15, 0.2) is 257 Å². The summed E-state index contributed by atoms with van der Waals surface area (Å²) in [5.41, 5.74) is 20.5. The molecule has 0 spiro atoms. The Morgan fingerprint density at radius 1 is 0.267 bits per heavy atom. The smallest absolute Gasteiger partial charge is 0.488 e. The lowest BCUT2D eigenvalue weighted by molar-refractivity contribution is -0.124. The number of aliphatic hydroxyl groups is 2. The van der Waals surface area contributed by atoms with Gasteiger partial charge in [0.05, 0.1) is 46.7 Å². The Kier molecular flexibility index (Phi) is 27.7. The summed E-state index contributed by atoms with van der Waals surface area (Å²) < 4.78 is 30.6. The van der Waals surface area contributed by atoms with Crippen LogP contribution in [0.4, 0.5) is 0 Å². The van der Waals surface area contributed by atoms with E-state index in [9.17, 15) is 15.0 Å². The molecule has 20 bridgehead atoms. The van der Waals surface area contributed by atoms with Crippen LogP contribution >= 0.6 is 31.9 Å². The minimum atomic E-state index is -1.39. The van der Waals surface area contributed by atoms with E-state index in [0.717, 1.165) is 168 Å². The van der Waals surface area contributed by atoms with E-state index in [0.29, 0.717) is 40.1 Å². The van der Waals surface area contributed by atoms with E-state index >= 15 is 0 Å². The highest BCUT2D eigenvalue weighted by molar-refractivity contribution is 9.10. The fourth-order valence-corrected chi connectivity index (χ4v) is 35.2. The molecule has 13 heteroatoms. The van der Waals surface area contributed by atoms with Crippen molar-refractivity contribution in [3.8, 4) is 62.1 Å². The molecule has 20 saturated carbocycles. The van der Waals surface area contributed by atoms with Gasteiger partial charge in [0.15, 0.2) is 5.78 Å². The fraction of sp³-hybridized carbons (Fsp3) is 0.451. The normalized spacial score (nSPS) is 30.3. The molecule has 13 aromatic rings. The predicted octanol–water partition coefficient (Wildman–Crippen LogP) is 32.4. The van der Waals surface area contributed by atoms with Crippen LogP contribution < -0.4 is 29.1 Å². The van der Waals surface area contributed by atoms with E-state index in [1.165, 1.54) is 272 Å². The molecule has 0 amide bonds. The number of ketones is 1. The molecule has 0 saturated heterocycles. The highest BCUT2D eigenvalue weighted by atomic mass is 79.9. The lowest BCUT2D eigenvalue weighted by Crippen LogP contribution is -2.50. The van der Waals surface area contributed by atoms with Crippen molar-refractivity contribution in [2.24, 2.45) is 88.8 Å². The van der Waals surface area contributed by atoms with Gasteiger partial charge in [0.25, 0.3) is 0 Å². The Bertz CT molecular complexity index is 6750. The first-order valence-corrected chi connectivity index (χ1v) is 57.0. The summed E-state index contributed by atoms with van der Waals surface area (Å²) in [6.07, 6.45) is 42.6. The number of aliphatic hydroxyl groups excluding tert-OH is 1. The molecular formula is C133H147BBr2O10. The third kappa shape index (κ3) is 20.3. The van der Waals surface area contributed by atoms with Gasteiger partial charge in [-0.25, -0.2) is 0 Å². The molecule has 0 unspecified atom stereocenters. The van der Waals surface area contributed by atoms with E-state index in [2.05, 4.69) is 222 Å². The van der Waals surface area contributed by atoms with Gasteiger partial charge in [-0.1, -0.05) is 188 Å². The minimum absolute atomic E-state index is 0.0360. The SMILES string of the molecule is COc1ccc(-c2ccc3cc(C)ccc3c2)cc1C12CC3CC(CC(C3)C1)C2.COc1ccc(-c2ccc3cc(C)ccc3c2)cc1C12CC3CC(CC(C3)C1)C2.COc1ccc(-c2ccc3cc(C4=C(O)CCC4=O)ccc3c2)cc1C12CC3CC(CC(C3)C1)C2.COc1ccc(Br)cc1.COc1ccc(Br)cc1C12CC3CC(CC(C3)C1)C2.Cc1ccc2cc(B(O)O)ccc2c1.OC12CC3CC(CC(C3)C1)C2. The van der Waals surface area contributed by atoms with Crippen molar-refractivity contribution in [2.45, 2.75) is 253 Å². The number of ether oxygens (including phenoxy) is 5. The zero-order valence-corrected chi connectivity index (χ0v) is 90.1. The molecule has 10 nitrogen and oxygen atoms in total. The molecule has 21 aliphatic carbocycles. The summed E-state index contributed by atoms with van der Waals surface area (Å²) in [5.74, 6) is 19.5. The third-order valence-electron chi connectivity index (χ3n) is 38.8. The Balaban J connectivity index is 0.0000000980. The lowest BCUT2D eigenvalue weighted by atomic mass is 9.48. The zero-order chi connectivity index (χ0) is 100. The first-order valence-electron chi connectivity index (χ1n) is 55.5. The van der Waals surface area contributed by atoms with Crippen molar-refractivity contribution in [1.29, 1.82) is 0 Å². The van der Waals surface area contributed by atoms with E-state index in [1.807, 2.05) is 90.0 Å². The van der Waals surface area contributed by atoms with Crippen LogP contribution in [-0.4, -0.2) is 74.3 Å². The number of carbonyl (C=O) groups excluding carboxylic acids is 1. The van der Waals surface area contributed by atoms with Gasteiger partial charge >= 0.3 is 7.12 Å². The van der Waals surface area contributed by atoms with Gasteiger partial charge in [-0.15, -0.1) is 0 Å². The summed E-state index contributed by atoms with van der Waals surface area (Å²) in [4.78, 5) is 12.2. The number of carbonyl (C=O) groups is 1. The number of allylic oxidation sites excluding steroid dienone is 2. The van der Waals surface area contributed by atoms with Crippen molar-refractivity contribution < 1.29 is 48.7 Å². The van der Waals surface area contributed by atoms with Crippen molar-refractivity contribution in [1.82, 2.24) is 0 Å². The van der Waals surface area contributed by atoms with Gasteiger partial charge in [0, 0.05) is 44.0 Å². The first kappa shape index (κ1) is 99.3. The van der Waals surface area contributed by atoms with E-state index in [1.54, 1.807) is 19.2 Å². The predicted molar refractivity (Wildman–Crippen MR) is 603 cm³/mol. The van der Waals surface area contributed by atoms with Gasteiger partial charge < -0.3 is 43.9 Å². The van der Waals surface area contributed by atoms with Crippen LogP contribution in [0.25, 0.3) is 82.0 Å². The van der Waals surface area contributed by atoms with Gasteiger partial charge in [-0.2, -0.15) is 0 Å². The summed E-state index contributed by atoms with van der Waals surface area (Å²) in [6.45, 7) is 6.36. The van der Waals surface area contributed by atoms with Crippen LogP contribution in [0.1, 0.15) is 250 Å². The highest BCUT2D eigenvalue weighted by Crippen LogP contribution is 2.68. The Morgan fingerprint density at radius 3 is 0.801 bits per heavy atom. The van der Waals surface area contributed by atoms with Crippen LogP contribution in [0, 0.1) is 110 Å². The zero-order valence-electron chi connectivity index (χ0n) is 87.0. The number of Topliss-reactive ketones (excluding diaryl/α,β-unsaturated/α-hetero) is 1. The largest absolute Gasteiger partial charge is 0.512 e. The Labute approximate surface area is 882 Å². The molecule has 0 aliphatic heterocycles. The third-order valence-corrected chi connectivity index (χ3v) is 39.9. The number of hydrogen-bond acceptors (Lipinski definition) is 10. The number of hydrogen-bond donors (Lipinski definition) is 4. The average molecular weight is 2080 g/mol. The van der Waals surface area contributed by atoms with E-state index < -0.39 is 7.12 Å². The maximum absolute atomic E-state index is 12.2. The summed E-state index contributed by atoms with van der Waals surface area (Å²) >= 11 is 6.97. The number of rotatable bonds is 14. The standard InChI is InChI=1S/C32H32O3.2C28H30O.C17H21BrO.C11H11BO2.C10H16O.C7H7BrO/c1-35-30-9-6-25(15-27(30)32-16-19-10-20(17-32)12-21(11-19)18-32)23-2-3-24-14-26(5-4-22(24)13-23)31-28(33)7-8-29(31)34;2*1-18-3-4-23-13-24(6-5-22(23)9-18)25-7-8-27(29-2)26(14-25)28-15-19-10-20(16-28)12-21(11-19)17-28;1-19-16-3-2-14(18)7-15(16)17-8-11-4-12(9-17)6-13(5-11)10-17;1-8-2-3-10-7-11(12(13)14)5-4-9(10)6-8;11-10-4-7-1-8(5-10)3-9(2-7)6-10;1-9-7-4-2-6(8)3-5-7/h2-6,9,13-15,19-21,33H,7-8,10-12,16-18H2,1H3;2*3-9,13-14,19-21H,10-12,15-17H2,1-2H3;2-3,7,11-13H,4-6,8-10H2,1H3;2-7,13-14H,1H3;7-9,11H,1-6H2;2-5H,1H3. The molecule has 146 heavy (non-hydrogen) atoms. The van der Waals surface area contributed by atoms with Crippen molar-refractivity contribution in [3.63, 3.8) is 0 Å². The van der Waals surface area contributed by atoms with E-state index in [4.69, 9.17) is 33.7 Å². The quantitative estimate of drug-likeness (QED) is 0.0777. The molecule has 34 rings (SSSR count). The maximum Gasteiger partial charge on any atom is 0.488 e. The van der Waals surface area contributed by atoms with Crippen molar-refractivity contribution in [3.05, 3.63) is 302 Å². The minimum Gasteiger partial charge on any atom is -0.512 e. The van der Waals surface area contributed by atoms with Gasteiger partial charge in [0.1, 0.15) is 34.5 Å². The van der Waals surface area contributed by atoms with Crippen LogP contribution in [0.3, 0.4) is 0 Å². The second-order valence-electron chi connectivity index (χ2n) is 49.3. The Morgan fingerprint density at radius 2 is 0.514 bits per heavy atom. The van der Waals surface area contributed by atoms with Crippen LogP contribution in [0.5, 0.6) is 28.7 Å². The average Bonchev–Trinajstić information content (AvgIpc) is 0.755. The Hall–Kier alpha value is -9.99. The summed E-state index contributed by atoms with van der Waals surface area (Å²) in [5, 5.41) is 47.9. The molecule has 4 N–H and O–H groups in total. The van der Waals surface area contributed by atoms with Crippen molar-refractivity contribution in [2.75, 3.05) is 35.5 Å². The number of halogens is 2. The van der Waals surface area contributed by atoms with Crippen LogP contribution in [0.2, 0.25) is 0 Å². The second kappa shape index (κ2) is 40.7. The fourth-order valence-electron chi connectivity index (χ4n) is 34.6. The van der Waals surface area contributed by atoms with Crippen LogP contribution in [-0.2, 0) is 26.5 Å². The highest BCUT2D eigenvalue weighted by Gasteiger charge is 2.58. The van der Waals surface area contributed by atoms with Gasteiger partial charge in [0.2, 0.25) is 0 Å². The molecule has 756 valence electrons. The topological polar surface area (TPSA) is 144 Å². The maximum atomic E-state index is 12.2. The molecular weight excluding hydrogens is 1930 g/mol. The molecule has 0 aromatic heterocycles. The first-order chi connectivity index (χ1) is 70.6. The number of benzene rings is 13. The number of methoxy groups -OCH3 is 5. The lowest BCUT2D eigenvalue weighted by Gasteiger charge is -2.57. The number of fused-ring (bicyclic) bond motifs is 4. The molecule has 21 aliphatic rings. The van der Waals surface area contributed by atoms with Crippen molar-refractivity contribution >= 4 is 98.9 Å².